The van der Waals surface area contributed by atoms with Gasteiger partial charge in [-0.1, -0.05) is 30.3 Å². The highest BCUT2D eigenvalue weighted by molar-refractivity contribution is 5.85. The quantitative estimate of drug-likeness (QED) is 0.814. The van der Waals surface area contributed by atoms with Crippen molar-refractivity contribution in [3.05, 3.63) is 35.9 Å². The summed E-state index contributed by atoms with van der Waals surface area (Å²) in [4.78, 5) is 14.2. The largest absolute Gasteiger partial charge is 0.368 e. The summed E-state index contributed by atoms with van der Waals surface area (Å²) in [7, 11) is 0. The van der Waals surface area contributed by atoms with Crippen molar-refractivity contribution in [1.29, 1.82) is 0 Å². The van der Waals surface area contributed by atoms with Gasteiger partial charge in [-0.3, -0.25) is 9.69 Å². The van der Waals surface area contributed by atoms with E-state index < -0.39 is 5.54 Å². The molecule has 2 aliphatic rings. The average Bonchev–Trinajstić information content (AvgIpc) is 2.78. The van der Waals surface area contributed by atoms with Gasteiger partial charge in [-0.25, -0.2) is 0 Å². The first kappa shape index (κ1) is 11.7. The summed E-state index contributed by atoms with van der Waals surface area (Å²) in [5, 5.41) is 3.43. The lowest BCUT2D eigenvalue weighted by atomic mass is 9.80. The molecule has 1 aromatic rings. The first-order chi connectivity index (χ1) is 8.71. The normalized spacial score (nSPS) is 34.4. The van der Waals surface area contributed by atoms with Crippen LogP contribution in [0.25, 0.3) is 0 Å². The molecule has 0 spiro atoms. The maximum absolute atomic E-state index is 12.0. The summed E-state index contributed by atoms with van der Waals surface area (Å²) < 4.78 is 0. The van der Waals surface area contributed by atoms with Crippen LogP contribution >= 0.6 is 0 Å². The Labute approximate surface area is 107 Å². The lowest BCUT2D eigenvalue weighted by Gasteiger charge is -2.42. The zero-order valence-corrected chi connectivity index (χ0v) is 10.4. The van der Waals surface area contributed by atoms with Gasteiger partial charge in [0.1, 0.15) is 5.54 Å². The number of primary amides is 1. The molecule has 3 rings (SSSR count). The molecule has 4 heteroatoms. The molecule has 0 aliphatic carbocycles. The number of rotatable bonds is 3. The number of amides is 1. The minimum Gasteiger partial charge on any atom is -0.368 e. The van der Waals surface area contributed by atoms with E-state index in [9.17, 15) is 4.79 Å². The van der Waals surface area contributed by atoms with Crippen molar-refractivity contribution >= 4 is 5.91 Å². The molecule has 2 aliphatic heterocycles. The van der Waals surface area contributed by atoms with E-state index in [0.29, 0.717) is 6.04 Å². The first-order valence-electron chi connectivity index (χ1n) is 6.53. The molecule has 1 amide bonds. The van der Waals surface area contributed by atoms with Gasteiger partial charge in [0.15, 0.2) is 0 Å². The van der Waals surface area contributed by atoms with E-state index >= 15 is 0 Å². The Morgan fingerprint density at radius 2 is 2.22 bits per heavy atom. The number of carbonyl (C=O) groups excluding carboxylic acids is 1. The van der Waals surface area contributed by atoms with E-state index in [1.807, 2.05) is 18.2 Å². The third-order valence-electron chi connectivity index (χ3n) is 4.32. The molecule has 2 fully saturated rings. The number of nitrogens with two attached hydrogens (primary N) is 1. The summed E-state index contributed by atoms with van der Waals surface area (Å²) in [6.45, 7) is 1.72. The van der Waals surface area contributed by atoms with Crippen LogP contribution in [0.1, 0.15) is 18.4 Å². The third kappa shape index (κ3) is 1.82. The first-order valence-corrected chi connectivity index (χ1v) is 6.53. The number of piperidine rings is 1. The van der Waals surface area contributed by atoms with Crippen molar-refractivity contribution in [1.82, 2.24) is 10.2 Å². The van der Waals surface area contributed by atoms with Gasteiger partial charge in [-0.15, -0.1) is 0 Å². The van der Waals surface area contributed by atoms with Gasteiger partial charge in [0, 0.05) is 19.3 Å². The number of nitrogens with zero attached hydrogens (tertiary/aromatic N) is 1. The topological polar surface area (TPSA) is 58.4 Å². The molecule has 3 unspecified atom stereocenters. The van der Waals surface area contributed by atoms with E-state index in [4.69, 9.17) is 5.73 Å². The van der Waals surface area contributed by atoms with Gasteiger partial charge in [0.25, 0.3) is 0 Å². The minimum absolute atomic E-state index is 0.187. The van der Waals surface area contributed by atoms with Gasteiger partial charge in [-0.05, 0) is 24.8 Å². The molecule has 2 heterocycles. The van der Waals surface area contributed by atoms with Crippen LogP contribution in [0.4, 0.5) is 0 Å². The second-order valence-electron chi connectivity index (χ2n) is 5.38. The Morgan fingerprint density at radius 1 is 1.44 bits per heavy atom. The highest BCUT2D eigenvalue weighted by Crippen LogP contribution is 2.34. The third-order valence-corrected chi connectivity index (χ3v) is 4.32. The lowest BCUT2D eigenvalue weighted by molar-refractivity contribution is -0.131. The van der Waals surface area contributed by atoms with Crippen LogP contribution in [0.2, 0.25) is 0 Å². The number of hydrogen-bond donors (Lipinski definition) is 2. The van der Waals surface area contributed by atoms with Gasteiger partial charge in [0.05, 0.1) is 0 Å². The van der Waals surface area contributed by atoms with E-state index in [0.717, 1.165) is 32.5 Å². The van der Waals surface area contributed by atoms with Crippen molar-refractivity contribution in [2.45, 2.75) is 30.8 Å². The summed E-state index contributed by atoms with van der Waals surface area (Å²) in [5.41, 5.74) is 6.41. The maximum atomic E-state index is 12.0. The Bertz CT molecular complexity index is 448. The number of carbonyl (C=O) groups is 1. The van der Waals surface area contributed by atoms with Crippen LogP contribution in [0, 0.1) is 0 Å². The molecule has 0 saturated carbocycles. The van der Waals surface area contributed by atoms with E-state index in [1.165, 1.54) is 5.56 Å². The fourth-order valence-corrected chi connectivity index (χ4v) is 3.22. The standard InChI is InChI=1S/C14H19N3O/c15-13(18)14(8-11-4-2-1-3-5-11)7-6-12-9-17(14)10-16-12/h1-5,12,16H,6-10H2,(H2,15,18). The van der Waals surface area contributed by atoms with Gasteiger partial charge < -0.3 is 11.1 Å². The van der Waals surface area contributed by atoms with Crippen LogP contribution in [0.5, 0.6) is 0 Å². The van der Waals surface area contributed by atoms with Crippen LogP contribution in [-0.2, 0) is 11.2 Å². The molecule has 2 saturated heterocycles. The molecule has 0 aromatic heterocycles. The molecule has 18 heavy (non-hydrogen) atoms. The zero-order chi connectivity index (χ0) is 12.6. The van der Waals surface area contributed by atoms with Crippen molar-refractivity contribution < 1.29 is 4.79 Å². The number of benzene rings is 1. The summed E-state index contributed by atoms with van der Waals surface area (Å²) in [6.07, 6.45) is 2.61. The maximum Gasteiger partial charge on any atom is 0.238 e. The Hall–Kier alpha value is -1.39. The minimum atomic E-state index is -0.499. The molecule has 1 aromatic carbocycles. The lowest BCUT2D eigenvalue weighted by Crippen LogP contribution is -2.60. The Morgan fingerprint density at radius 3 is 2.94 bits per heavy atom. The van der Waals surface area contributed by atoms with Gasteiger partial charge in [-0.2, -0.15) is 0 Å². The van der Waals surface area contributed by atoms with Crippen molar-refractivity contribution in [3.63, 3.8) is 0 Å². The summed E-state index contributed by atoms with van der Waals surface area (Å²) in [5.74, 6) is -0.187. The van der Waals surface area contributed by atoms with E-state index in [-0.39, 0.29) is 5.91 Å². The fraction of sp³-hybridized carbons (Fsp3) is 0.500. The molecule has 3 N–H and O–H groups in total. The van der Waals surface area contributed by atoms with E-state index in [2.05, 4.69) is 22.3 Å². The zero-order valence-electron chi connectivity index (χ0n) is 10.4. The van der Waals surface area contributed by atoms with Crippen LogP contribution in [0.15, 0.2) is 30.3 Å². The van der Waals surface area contributed by atoms with Crippen LogP contribution in [-0.4, -0.2) is 35.6 Å². The Kier molecular flexibility index (Phi) is 2.84. The van der Waals surface area contributed by atoms with Crippen molar-refractivity contribution in [2.24, 2.45) is 5.73 Å². The smallest absolute Gasteiger partial charge is 0.238 e. The molecule has 2 bridgehead atoms. The molecule has 4 nitrogen and oxygen atoms in total. The average molecular weight is 245 g/mol. The van der Waals surface area contributed by atoms with Crippen molar-refractivity contribution in [3.8, 4) is 0 Å². The van der Waals surface area contributed by atoms with Gasteiger partial charge >= 0.3 is 0 Å². The Balaban J connectivity index is 1.90. The van der Waals surface area contributed by atoms with Crippen LogP contribution in [0.3, 0.4) is 0 Å². The van der Waals surface area contributed by atoms with Gasteiger partial charge in [0.2, 0.25) is 5.91 Å². The van der Waals surface area contributed by atoms with Crippen molar-refractivity contribution in [2.75, 3.05) is 13.2 Å². The predicted molar refractivity (Wildman–Crippen MR) is 69.8 cm³/mol. The fourth-order valence-electron chi connectivity index (χ4n) is 3.22. The molecule has 3 atom stereocenters. The highest BCUT2D eigenvalue weighted by atomic mass is 16.1. The number of nitrogens with one attached hydrogen (secondary N) is 1. The second kappa shape index (κ2) is 4.37. The molecular formula is C14H19N3O. The van der Waals surface area contributed by atoms with Crippen LogP contribution < -0.4 is 11.1 Å². The molecule has 96 valence electrons. The molecule has 0 radical (unpaired) electrons. The highest BCUT2D eigenvalue weighted by Gasteiger charge is 2.48. The predicted octanol–water partition coefficient (Wildman–Crippen LogP) is 0.478. The van der Waals surface area contributed by atoms with E-state index in [1.54, 1.807) is 0 Å². The number of fused-ring (bicyclic) bond motifs is 2. The SMILES string of the molecule is NC(=O)C1(Cc2ccccc2)CCC2CN1CN2. The monoisotopic (exact) mass is 245 g/mol. The number of hydrogen-bond acceptors (Lipinski definition) is 3. The second-order valence-corrected chi connectivity index (χ2v) is 5.38. The summed E-state index contributed by atoms with van der Waals surface area (Å²) in [6, 6.07) is 10.7. The molecular weight excluding hydrogens is 226 g/mol. The summed E-state index contributed by atoms with van der Waals surface area (Å²) >= 11 is 0.